The lowest BCUT2D eigenvalue weighted by Crippen LogP contribution is -2.49. The van der Waals surface area contributed by atoms with Crippen LogP contribution in [0.3, 0.4) is 0 Å². The van der Waals surface area contributed by atoms with Gasteiger partial charge >= 0.3 is 6.36 Å². The molecule has 1 aromatic rings. The van der Waals surface area contributed by atoms with Crippen LogP contribution < -0.4 is 10.1 Å². The van der Waals surface area contributed by atoms with Gasteiger partial charge in [-0.25, -0.2) is 0 Å². The standard InChI is InChI=1S/C15H20F3N3O3/c16-15(17,18)24-13-3-1-12(2-4-13)19-14(23)11-21-7-5-20(6-8-21)9-10-22/h1-4,22H,5-11H2,(H,19,23). The van der Waals surface area contributed by atoms with Crippen molar-refractivity contribution in [3.8, 4) is 5.75 Å². The van der Waals surface area contributed by atoms with Crippen molar-refractivity contribution in [2.45, 2.75) is 6.36 Å². The molecular formula is C15H20F3N3O3. The van der Waals surface area contributed by atoms with E-state index in [1.165, 1.54) is 12.1 Å². The monoisotopic (exact) mass is 347 g/mol. The lowest BCUT2D eigenvalue weighted by Gasteiger charge is -2.33. The van der Waals surface area contributed by atoms with Crippen molar-refractivity contribution in [1.29, 1.82) is 0 Å². The van der Waals surface area contributed by atoms with Crippen LogP contribution >= 0.6 is 0 Å². The zero-order chi connectivity index (χ0) is 17.6. The number of rotatable bonds is 6. The molecule has 1 fully saturated rings. The summed E-state index contributed by atoms with van der Waals surface area (Å²) in [5.74, 6) is -0.560. The van der Waals surface area contributed by atoms with E-state index < -0.39 is 6.36 Å². The Labute approximate surface area is 137 Å². The highest BCUT2D eigenvalue weighted by Gasteiger charge is 2.31. The quantitative estimate of drug-likeness (QED) is 0.808. The molecule has 0 aromatic heterocycles. The summed E-state index contributed by atoms with van der Waals surface area (Å²) < 4.78 is 40.0. The van der Waals surface area contributed by atoms with E-state index in [2.05, 4.69) is 15.0 Å². The maximum atomic E-state index is 12.1. The number of piperazine rings is 1. The number of hydrogen-bond donors (Lipinski definition) is 2. The molecule has 134 valence electrons. The molecule has 0 atom stereocenters. The van der Waals surface area contributed by atoms with Gasteiger partial charge in [0.2, 0.25) is 5.91 Å². The van der Waals surface area contributed by atoms with Crippen molar-refractivity contribution in [2.75, 3.05) is 51.2 Å². The number of halogens is 3. The van der Waals surface area contributed by atoms with Gasteiger partial charge in [0.25, 0.3) is 0 Å². The fourth-order valence-corrected chi connectivity index (χ4v) is 2.46. The number of aliphatic hydroxyl groups is 1. The highest BCUT2D eigenvalue weighted by molar-refractivity contribution is 5.92. The summed E-state index contributed by atoms with van der Waals surface area (Å²) in [6.07, 6.45) is -4.73. The summed E-state index contributed by atoms with van der Waals surface area (Å²) in [7, 11) is 0. The van der Waals surface area contributed by atoms with Gasteiger partial charge in [0.1, 0.15) is 5.75 Å². The lowest BCUT2D eigenvalue weighted by atomic mass is 10.3. The molecule has 1 aromatic carbocycles. The van der Waals surface area contributed by atoms with Crippen molar-refractivity contribution in [3.63, 3.8) is 0 Å². The third-order valence-electron chi connectivity index (χ3n) is 3.62. The van der Waals surface area contributed by atoms with Crippen molar-refractivity contribution < 1.29 is 27.8 Å². The number of amides is 1. The zero-order valence-corrected chi connectivity index (χ0v) is 13.1. The van der Waals surface area contributed by atoms with Crippen LogP contribution in [0.1, 0.15) is 0 Å². The predicted octanol–water partition coefficient (Wildman–Crippen LogP) is 1.13. The first-order valence-electron chi connectivity index (χ1n) is 7.57. The molecule has 2 N–H and O–H groups in total. The molecule has 1 heterocycles. The first-order valence-corrected chi connectivity index (χ1v) is 7.57. The van der Waals surface area contributed by atoms with E-state index in [1.54, 1.807) is 0 Å². The average molecular weight is 347 g/mol. The van der Waals surface area contributed by atoms with Crippen LogP contribution in [0.15, 0.2) is 24.3 Å². The van der Waals surface area contributed by atoms with Gasteiger partial charge in [-0.05, 0) is 24.3 Å². The number of alkyl halides is 3. The van der Waals surface area contributed by atoms with Gasteiger partial charge < -0.3 is 15.2 Å². The summed E-state index contributed by atoms with van der Waals surface area (Å²) in [6.45, 7) is 4.00. The largest absolute Gasteiger partial charge is 0.573 e. The SMILES string of the molecule is O=C(CN1CCN(CCO)CC1)Nc1ccc(OC(F)(F)F)cc1. The Morgan fingerprint density at radius 1 is 1.12 bits per heavy atom. The molecule has 0 bridgehead atoms. The fraction of sp³-hybridized carbons (Fsp3) is 0.533. The number of β-amino-alcohol motifs (C(OH)–C–C–N with tert-alkyl or cyclic N) is 1. The van der Waals surface area contributed by atoms with Crippen molar-refractivity contribution in [1.82, 2.24) is 9.80 Å². The summed E-state index contributed by atoms with van der Waals surface area (Å²) in [5, 5.41) is 11.5. The van der Waals surface area contributed by atoms with E-state index in [0.717, 1.165) is 38.3 Å². The Morgan fingerprint density at radius 3 is 2.25 bits per heavy atom. The first-order chi connectivity index (χ1) is 11.4. The van der Waals surface area contributed by atoms with Gasteiger partial charge in [-0.1, -0.05) is 0 Å². The molecule has 0 spiro atoms. The normalized spacial score (nSPS) is 16.8. The van der Waals surface area contributed by atoms with Crippen LogP contribution in [-0.4, -0.2) is 73.1 Å². The van der Waals surface area contributed by atoms with Gasteiger partial charge in [-0.15, -0.1) is 13.2 Å². The molecule has 1 amide bonds. The van der Waals surface area contributed by atoms with Gasteiger partial charge in [-0.2, -0.15) is 0 Å². The van der Waals surface area contributed by atoms with E-state index in [4.69, 9.17) is 5.11 Å². The van der Waals surface area contributed by atoms with E-state index >= 15 is 0 Å². The van der Waals surface area contributed by atoms with Crippen LogP contribution in [-0.2, 0) is 4.79 Å². The molecule has 2 rings (SSSR count). The van der Waals surface area contributed by atoms with Crippen molar-refractivity contribution >= 4 is 11.6 Å². The zero-order valence-electron chi connectivity index (χ0n) is 13.1. The minimum absolute atomic E-state index is 0.120. The Kier molecular flexibility index (Phi) is 6.41. The summed E-state index contributed by atoms with van der Waals surface area (Å²) in [4.78, 5) is 16.1. The van der Waals surface area contributed by atoms with Crippen LogP contribution in [0.2, 0.25) is 0 Å². The van der Waals surface area contributed by atoms with Crippen LogP contribution in [0.4, 0.5) is 18.9 Å². The van der Waals surface area contributed by atoms with Gasteiger partial charge in [-0.3, -0.25) is 14.6 Å². The smallest absolute Gasteiger partial charge is 0.406 e. The number of nitrogens with zero attached hydrogens (tertiary/aromatic N) is 2. The Balaban J connectivity index is 1.76. The molecule has 0 radical (unpaired) electrons. The average Bonchev–Trinajstić information content (AvgIpc) is 2.50. The maximum Gasteiger partial charge on any atom is 0.573 e. The minimum Gasteiger partial charge on any atom is -0.406 e. The third-order valence-corrected chi connectivity index (χ3v) is 3.62. The highest BCUT2D eigenvalue weighted by atomic mass is 19.4. The number of benzene rings is 1. The second kappa shape index (κ2) is 8.32. The van der Waals surface area contributed by atoms with Crippen LogP contribution in [0.25, 0.3) is 0 Å². The van der Waals surface area contributed by atoms with Crippen LogP contribution in [0.5, 0.6) is 5.75 Å². The molecule has 0 unspecified atom stereocenters. The van der Waals surface area contributed by atoms with Gasteiger partial charge in [0.15, 0.2) is 0 Å². The highest BCUT2D eigenvalue weighted by Crippen LogP contribution is 2.23. The third kappa shape index (κ3) is 6.34. The molecule has 1 saturated heterocycles. The topological polar surface area (TPSA) is 65.0 Å². The molecule has 1 aliphatic heterocycles. The fourth-order valence-electron chi connectivity index (χ4n) is 2.46. The predicted molar refractivity (Wildman–Crippen MR) is 81.7 cm³/mol. The molecule has 24 heavy (non-hydrogen) atoms. The molecule has 0 aliphatic carbocycles. The Morgan fingerprint density at radius 2 is 1.71 bits per heavy atom. The second-order valence-corrected chi connectivity index (χ2v) is 5.46. The lowest BCUT2D eigenvalue weighted by molar-refractivity contribution is -0.274. The first kappa shape index (κ1) is 18.5. The van der Waals surface area contributed by atoms with E-state index in [-0.39, 0.29) is 24.8 Å². The summed E-state index contributed by atoms with van der Waals surface area (Å²) >= 11 is 0. The number of nitrogens with one attached hydrogen (secondary N) is 1. The van der Waals surface area contributed by atoms with Gasteiger partial charge in [0, 0.05) is 38.4 Å². The molecule has 6 nitrogen and oxygen atoms in total. The van der Waals surface area contributed by atoms with E-state index in [0.29, 0.717) is 12.2 Å². The molecule has 1 aliphatic rings. The summed E-state index contributed by atoms with van der Waals surface area (Å²) in [5.41, 5.74) is 0.411. The number of hydrogen-bond acceptors (Lipinski definition) is 5. The van der Waals surface area contributed by atoms with E-state index in [1.807, 2.05) is 4.90 Å². The molecular weight excluding hydrogens is 327 g/mol. The second-order valence-electron chi connectivity index (χ2n) is 5.46. The van der Waals surface area contributed by atoms with Crippen molar-refractivity contribution in [3.05, 3.63) is 24.3 Å². The Hall–Kier alpha value is -1.84. The van der Waals surface area contributed by atoms with Crippen LogP contribution in [0, 0.1) is 0 Å². The van der Waals surface area contributed by atoms with E-state index in [9.17, 15) is 18.0 Å². The Bertz CT molecular complexity index is 529. The molecule has 0 saturated carbocycles. The van der Waals surface area contributed by atoms with Gasteiger partial charge in [0.05, 0.1) is 13.2 Å². The maximum absolute atomic E-state index is 12.1. The minimum atomic E-state index is -4.73. The number of carbonyl (C=O) groups is 1. The van der Waals surface area contributed by atoms with Crippen molar-refractivity contribution in [2.24, 2.45) is 0 Å². The number of carbonyl (C=O) groups excluding carboxylic acids is 1. The summed E-state index contributed by atoms with van der Waals surface area (Å²) in [6, 6.07) is 5.02. The number of aliphatic hydroxyl groups excluding tert-OH is 1. The number of anilines is 1. The number of ether oxygens (including phenoxy) is 1. The molecule has 9 heteroatoms.